The van der Waals surface area contributed by atoms with Crippen molar-refractivity contribution in [2.75, 3.05) is 6.54 Å². The third-order valence-corrected chi connectivity index (χ3v) is 4.44. The Hall–Kier alpha value is -2.17. The van der Waals surface area contributed by atoms with Gasteiger partial charge in [-0.2, -0.15) is 0 Å². The van der Waals surface area contributed by atoms with Crippen molar-refractivity contribution in [1.29, 1.82) is 0 Å². The molecule has 25 heavy (non-hydrogen) atoms. The van der Waals surface area contributed by atoms with Crippen molar-refractivity contribution in [3.8, 4) is 0 Å². The second kappa shape index (κ2) is 9.35. The zero-order valence-corrected chi connectivity index (χ0v) is 15.3. The summed E-state index contributed by atoms with van der Waals surface area (Å²) in [7, 11) is 0. The van der Waals surface area contributed by atoms with Crippen molar-refractivity contribution in [3.63, 3.8) is 0 Å². The Kier molecular flexibility index (Phi) is 7.16. The van der Waals surface area contributed by atoms with E-state index >= 15 is 0 Å². The quantitative estimate of drug-likeness (QED) is 0.624. The Morgan fingerprint density at radius 2 is 1.92 bits per heavy atom. The van der Waals surface area contributed by atoms with E-state index < -0.39 is 0 Å². The average molecular weight is 346 g/mol. The van der Waals surface area contributed by atoms with Crippen molar-refractivity contribution in [2.24, 2.45) is 0 Å². The van der Waals surface area contributed by atoms with Crippen LogP contribution in [-0.2, 0) is 17.8 Å². The number of nitrogens with zero attached hydrogens (tertiary/aromatic N) is 2. The first kappa shape index (κ1) is 19.2. The van der Waals surface area contributed by atoms with E-state index in [-0.39, 0.29) is 11.7 Å². The summed E-state index contributed by atoms with van der Waals surface area (Å²) in [5, 5.41) is 3.94. The van der Waals surface area contributed by atoms with E-state index in [2.05, 4.69) is 12.1 Å². The molecule has 0 saturated carbocycles. The normalized spacial score (nSPS) is 10.9. The van der Waals surface area contributed by atoms with Gasteiger partial charge in [-0.1, -0.05) is 37.1 Å². The molecular weight excluding hydrogens is 319 g/mol. The molecule has 0 atom stereocenters. The first-order chi connectivity index (χ1) is 12.0. The van der Waals surface area contributed by atoms with Crippen LogP contribution in [-0.4, -0.2) is 22.5 Å². The molecule has 1 heterocycles. The Morgan fingerprint density at radius 3 is 2.52 bits per heavy atom. The van der Waals surface area contributed by atoms with Gasteiger partial charge in [-0.15, -0.1) is 0 Å². The predicted molar refractivity (Wildman–Crippen MR) is 95.6 cm³/mol. The molecule has 1 aromatic carbocycles. The lowest BCUT2D eigenvalue weighted by Gasteiger charge is -2.23. The highest BCUT2D eigenvalue weighted by molar-refractivity contribution is 5.76. The maximum absolute atomic E-state index is 13.1. The number of rotatable bonds is 9. The minimum atomic E-state index is -0.258. The number of hydrogen-bond donors (Lipinski definition) is 0. The fraction of sp³-hybridized carbons (Fsp3) is 0.500. The number of carbonyl (C=O) groups is 1. The van der Waals surface area contributed by atoms with E-state index in [9.17, 15) is 9.18 Å². The maximum atomic E-state index is 13.1. The Bertz CT molecular complexity index is 660. The highest BCUT2D eigenvalue weighted by Gasteiger charge is 2.16. The molecule has 0 bridgehead atoms. The number of aryl methyl sites for hydroxylation is 2. The van der Waals surface area contributed by atoms with Crippen LogP contribution in [0, 0.1) is 19.7 Å². The summed E-state index contributed by atoms with van der Waals surface area (Å²) >= 11 is 0. The van der Waals surface area contributed by atoms with Crippen molar-refractivity contribution < 1.29 is 13.7 Å². The molecule has 0 unspecified atom stereocenters. The van der Waals surface area contributed by atoms with Crippen LogP contribution in [0.5, 0.6) is 0 Å². The molecule has 136 valence electrons. The Labute approximate surface area is 149 Å². The van der Waals surface area contributed by atoms with Crippen molar-refractivity contribution in [1.82, 2.24) is 10.1 Å². The number of hydrogen-bond acceptors (Lipinski definition) is 3. The summed E-state index contributed by atoms with van der Waals surface area (Å²) in [6, 6.07) is 6.36. The Morgan fingerprint density at radius 1 is 1.20 bits per heavy atom. The number of aromatic nitrogens is 1. The topological polar surface area (TPSA) is 46.3 Å². The molecule has 5 heteroatoms. The minimum Gasteiger partial charge on any atom is -0.361 e. The molecule has 2 aromatic rings. The summed E-state index contributed by atoms with van der Waals surface area (Å²) in [5.74, 6) is 0.632. The number of amides is 1. The lowest BCUT2D eigenvalue weighted by atomic mass is 10.1. The predicted octanol–water partition coefficient (Wildman–Crippen LogP) is 4.58. The van der Waals surface area contributed by atoms with E-state index in [1.807, 2.05) is 18.7 Å². The van der Waals surface area contributed by atoms with Crippen LogP contribution < -0.4 is 0 Å². The standard InChI is InChI=1S/C20H27FN2O2/c1-4-5-6-13-23(14-17-7-9-18(21)10-8-17)20(24)12-11-19-15(2)22-25-16(19)3/h7-10H,4-6,11-14H2,1-3H3. The van der Waals surface area contributed by atoms with Crippen LogP contribution in [0.25, 0.3) is 0 Å². The molecule has 1 amide bonds. The first-order valence-corrected chi connectivity index (χ1v) is 8.95. The molecule has 2 rings (SSSR count). The minimum absolute atomic E-state index is 0.112. The molecule has 0 fully saturated rings. The van der Waals surface area contributed by atoms with E-state index in [4.69, 9.17) is 4.52 Å². The molecule has 1 aromatic heterocycles. The van der Waals surface area contributed by atoms with Crippen molar-refractivity contribution in [2.45, 2.75) is 59.4 Å². The Balaban J connectivity index is 2.00. The summed E-state index contributed by atoms with van der Waals surface area (Å²) in [4.78, 5) is 14.6. The van der Waals surface area contributed by atoms with Gasteiger partial charge < -0.3 is 9.42 Å². The molecule has 0 N–H and O–H groups in total. The molecule has 4 nitrogen and oxygen atoms in total. The summed E-state index contributed by atoms with van der Waals surface area (Å²) in [6.07, 6.45) is 4.24. The monoisotopic (exact) mass is 346 g/mol. The van der Waals surface area contributed by atoms with Gasteiger partial charge in [0.05, 0.1) is 5.69 Å². The molecule has 0 aliphatic rings. The zero-order chi connectivity index (χ0) is 18.2. The third-order valence-electron chi connectivity index (χ3n) is 4.44. The van der Waals surface area contributed by atoms with E-state index in [0.717, 1.165) is 48.4 Å². The van der Waals surface area contributed by atoms with Crippen molar-refractivity contribution in [3.05, 3.63) is 52.7 Å². The van der Waals surface area contributed by atoms with Crippen LogP contribution in [0.2, 0.25) is 0 Å². The van der Waals surface area contributed by atoms with Crippen LogP contribution in [0.4, 0.5) is 4.39 Å². The van der Waals surface area contributed by atoms with E-state index in [0.29, 0.717) is 19.4 Å². The van der Waals surface area contributed by atoms with Gasteiger partial charge in [-0.05, 0) is 44.4 Å². The fourth-order valence-electron chi connectivity index (χ4n) is 2.90. The van der Waals surface area contributed by atoms with Gasteiger partial charge in [-0.3, -0.25) is 4.79 Å². The molecular formula is C20H27FN2O2. The van der Waals surface area contributed by atoms with E-state index in [1.165, 1.54) is 12.1 Å². The lowest BCUT2D eigenvalue weighted by Crippen LogP contribution is -2.31. The third kappa shape index (κ3) is 5.69. The number of halogens is 1. The highest BCUT2D eigenvalue weighted by Crippen LogP contribution is 2.16. The molecule has 0 aliphatic carbocycles. The molecule has 0 aliphatic heterocycles. The van der Waals surface area contributed by atoms with Crippen LogP contribution in [0.15, 0.2) is 28.8 Å². The fourth-order valence-corrected chi connectivity index (χ4v) is 2.90. The molecule has 0 radical (unpaired) electrons. The molecule has 0 spiro atoms. The first-order valence-electron chi connectivity index (χ1n) is 8.95. The summed E-state index contributed by atoms with van der Waals surface area (Å²) < 4.78 is 18.3. The number of carbonyl (C=O) groups excluding carboxylic acids is 1. The lowest BCUT2D eigenvalue weighted by molar-refractivity contribution is -0.131. The van der Waals surface area contributed by atoms with Gasteiger partial charge >= 0.3 is 0 Å². The molecule has 0 saturated heterocycles. The average Bonchev–Trinajstić information content (AvgIpc) is 2.92. The zero-order valence-electron chi connectivity index (χ0n) is 15.3. The summed E-state index contributed by atoms with van der Waals surface area (Å²) in [5.41, 5.74) is 2.81. The maximum Gasteiger partial charge on any atom is 0.223 e. The van der Waals surface area contributed by atoms with Crippen LogP contribution >= 0.6 is 0 Å². The van der Waals surface area contributed by atoms with Gasteiger partial charge in [0.25, 0.3) is 0 Å². The van der Waals surface area contributed by atoms with Crippen molar-refractivity contribution >= 4 is 5.91 Å². The van der Waals surface area contributed by atoms with Gasteiger partial charge in [0, 0.05) is 25.1 Å². The van der Waals surface area contributed by atoms with Crippen LogP contribution in [0.3, 0.4) is 0 Å². The van der Waals surface area contributed by atoms with Gasteiger partial charge in [0.1, 0.15) is 11.6 Å². The van der Waals surface area contributed by atoms with Crippen LogP contribution in [0.1, 0.15) is 55.2 Å². The van der Waals surface area contributed by atoms with E-state index in [1.54, 1.807) is 12.1 Å². The highest BCUT2D eigenvalue weighted by atomic mass is 19.1. The largest absolute Gasteiger partial charge is 0.361 e. The second-order valence-corrected chi connectivity index (χ2v) is 6.45. The summed E-state index contributed by atoms with van der Waals surface area (Å²) in [6.45, 7) is 7.16. The second-order valence-electron chi connectivity index (χ2n) is 6.45. The number of benzene rings is 1. The van der Waals surface area contributed by atoms with Gasteiger partial charge in [0.2, 0.25) is 5.91 Å². The number of unbranched alkanes of at least 4 members (excludes halogenated alkanes) is 2. The van der Waals surface area contributed by atoms with Gasteiger partial charge in [0.15, 0.2) is 0 Å². The van der Waals surface area contributed by atoms with Gasteiger partial charge in [-0.25, -0.2) is 4.39 Å². The smallest absolute Gasteiger partial charge is 0.223 e. The SMILES string of the molecule is CCCCCN(Cc1ccc(F)cc1)C(=O)CCc1c(C)noc1C.